The highest BCUT2D eigenvalue weighted by atomic mass is 16.4. The van der Waals surface area contributed by atoms with Gasteiger partial charge in [-0.3, -0.25) is 9.59 Å². The van der Waals surface area contributed by atoms with E-state index in [1.165, 1.54) is 6.42 Å². The first-order valence-electron chi connectivity index (χ1n) is 7.93. The molecule has 116 valence electrons. The number of piperidine rings is 1. The van der Waals surface area contributed by atoms with Crippen molar-refractivity contribution >= 4 is 11.9 Å². The van der Waals surface area contributed by atoms with Crippen LogP contribution in [-0.2, 0) is 9.59 Å². The summed E-state index contributed by atoms with van der Waals surface area (Å²) in [6, 6.07) is 0. The maximum atomic E-state index is 12.5. The van der Waals surface area contributed by atoms with Gasteiger partial charge in [0.05, 0.1) is 11.8 Å². The highest BCUT2D eigenvalue weighted by Crippen LogP contribution is 2.48. The van der Waals surface area contributed by atoms with Gasteiger partial charge in [-0.2, -0.15) is 0 Å². The Morgan fingerprint density at radius 1 is 1.29 bits per heavy atom. The number of nitrogens with zero attached hydrogens (tertiary/aromatic N) is 1. The van der Waals surface area contributed by atoms with Crippen LogP contribution in [0.3, 0.4) is 0 Å². The van der Waals surface area contributed by atoms with Gasteiger partial charge >= 0.3 is 5.97 Å². The fourth-order valence-corrected chi connectivity index (χ4v) is 4.32. The van der Waals surface area contributed by atoms with Crippen LogP contribution in [0.25, 0.3) is 0 Å². The van der Waals surface area contributed by atoms with E-state index in [1.54, 1.807) is 0 Å². The van der Waals surface area contributed by atoms with Crippen LogP contribution in [0.2, 0.25) is 0 Å². The average molecular weight is 292 g/mol. The number of nitrogens with one attached hydrogen (secondary N) is 1. The van der Waals surface area contributed by atoms with Crippen LogP contribution in [-0.4, -0.2) is 48.6 Å². The van der Waals surface area contributed by atoms with E-state index in [1.807, 2.05) is 12.2 Å². The summed E-state index contributed by atoms with van der Waals surface area (Å²) < 4.78 is 0. The molecule has 2 aliphatic carbocycles. The molecule has 0 spiro atoms. The maximum absolute atomic E-state index is 12.5. The first-order chi connectivity index (χ1) is 10.1. The summed E-state index contributed by atoms with van der Waals surface area (Å²) in [7, 11) is 2.11. The molecular formula is C16H24N2O3. The second-order valence-electron chi connectivity index (χ2n) is 6.85. The van der Waals surface area contributed by atoms with Crippen molar-refractivity contribution in [3.8, 4) is 0 Å². The highest BCUT2D eigenvalue weighted by molar-refractivity contribution is 5.86. The minimum absolute atomic E-state index is 0.0454. The fourth-order valence-electron chi connectivity index (χ4n) is 4.32. The van der Waals surface area contributed by atoms with Crippen LogP contribution in [0.15, 0.2) is 12.2 Å². The molecule has 5 nitrogen and oxygen atoms in total. The first kappa shape index (κ1) is 14.6. The van der Waals surface area contributed by atoms with Gasteiger partial charge in [-0.05, 0) is 50.6 Å². The molecular weight excluding hydrogens is 268 g/mol. The molecule has 3 aliphatic rings. The van der Waals surface area contributed by atoms with Crippen molar-refractivity contribution in [2.45, 2.75) is 19.3 Å². The molecule has 2 fully saturated rings. The number of hydrogen-bond donors (Lipinski definition) is 2. The highest BCUT2D eigenvalue weighted by Gasteiger charge is 2.51. The lowest BCUT2D eigenvalue weighted by molar-refractivity contribution is -0.147. The van der Waals surface area contributed by atoms with Crippen LogP contribution < -0.4 is 5.32 Å². The summed E-state index contributed by atoms with van der Waals surface area (Å²) in [4.78, 5) is 26.2. The zero-order chi connectivity index (χ0) is 15.0. The molecule has 2 bridgehead atoms. The Balaban J connectivity index is 1.57. The molecule has 5 heteroatoms. The molecule has 0 aromatic rings. The lowest BCUT2D eigenvalue weighted by Gasteiger charge is -2.30. The molecule has 1 heterocycles. The Hall–Kier alpha value is -1.36. The SMILES string of the molecule is CN1CCCC(CNC(=O)C2C3C=CC(C3)C2C(=O)O)C1. The number of allylic oxidation sites excluding steroid dienone is 2. The summed E-state index contributed by atoms with van der Waals surface area (Å²) in [6.07, 6.45) is 7.14. The third-order valence-electron chi connectivity index (χ3n) is 5.33. The van der Waals surface area contributed by atoms with Gasteiger partial charge in [-0.15, -0.1) is 0 Å². The van der Waals surface area contributed by atoms with E-state index in [4.69, 9.17) is 0 Å². The van der Waals surface area contributed by atoms with Gasteiger partial charge in [0.2, 0.25) is 5.91 Å². The number of likely N-dealkylation sites (tertiary alicyclic amines) is 1. The van der Waals surface area contributed by atoms with Crippen LogP contribution in [0.5, 0.6) is 0 Å². The van der Waals surface area contributed by atoms with E-state index in [2.05, 4.69) is 17.3 Å². The Bertz CT molecular complexity index is 462. The summed E-state index contributed by atoms with van der Waals surface area (Å²) in [5.74, 6) is -1.15. The van der Waals surface area contributed by atoms with E-state index < -0.39 is 11.9 Å². The van der Waals surface area contributed by atoms with Gasteiger partial charge in [0.1, 0.15) is 0 Å². The third kappa shape index (κ3) is 2.84. The zero-order valence-corrected chi connectivity index (χ0v) is 12.5. The number of carbonyl (C=O) groups is 2. The van der Waals surface area contributed by atoms with Gasteiger partial charge in [0.25, 0.3) is 0 Å². The summed E-state index contributed by atoms with van der Waals surface area (Å²) in [6.45, 7) is 2.81. The summed E-state index contributed by atoms with van der Waals surface area (Å²) >= 11 is 0. The molecule has 3 rings (SSSR count). The van der Waals surface area contributed by atoms with Gasteiger partial charge in [-0.1, -0.05) is 12.2 Å². The number of carboxylic acids is 1. The molecule has 1 aliphatic heterocycles. The standard InChI is InChI=1S/C16H24N2O3/c1-18-6-2-3-10(9-18)8-17-15(19)13-11-4-5-12(7-11)14(13)16(20)21/h4-5,10-14H,2-3,6-9H2,1H3,(H,17,19)(H,20,21). The Morgan fingerprint density at radius 3 is 2.67 bits per heavy atom. The summed E-state index contributed by atoms with van der Waals surface area (Å²) in [5, 5.41) is 12.4. The number of amides is 1. The van der Waals surface area contributed by atoms with E-state index in [0.29, 0.717) is 12.5 Å². The molecule has 0 aromatic carbocycles. The molecule has 5 atom stereocenters. The monoisotopic (exact) mass is 292 g/mol. The topological polar surface area (TPSA) is 69.6 Å². The van der Waals surface area contributed by atoms with Crippen molar-refractivity contribution in [2.75, 3.05) is 26.7 Å². The third-order valence-corrected chi connectivity index (χ3v) is 5.33. The lowest BCUT2D eigenvalue weighted by Crippen LogP contribution is -2.44. The predicted molar refractivity (Wildman–Crippen MR) is 78.6 cm³/mol. The molecule has 2 N–H and O–H groups in total. The fraction of sp³-hybridized carbons (Fsp3) is 0.750. The first-order valence-corrected chi connectivity index (χ1v) is 7.93. The lowest BCUT2D eigenvalue weighted by atomic mass is 9.82. The van der Waals surface area contributed by atoms with E-state index >= 15 is 0 Å². The molecule has 0 radical (unpaired) electrons. The number of aliphatic carboxylic acids is 1. The van der Waals surface area contributed by atoms with Gasteiger partial charge in [0.15, 0.2) is 0 Å². The number of hydrogen-bond acceptors (Lipinski definition) is 3. The van der Waals surface area contributed by atoms with Gasteiger partial charge in [0, 0.05) is 13.1 Å². The second-order valence-corrected chi connectivity index (χ2v) is 6.85. The average Bonchev–Trinajstić information content (AvgIpc) is 3.05. The smallest absolute Gasteiger partial charge is 0.307 e. The van der Waals surface area contributed by atoms with Crippen LogP contribution in [0.1, 0.15) is 19.3 Å². The van der Waals surface area contributed by atoms with Crippen LogP contribution in [0, 0.1) is 29.6 Å². The van der Waals surface area contributed by atoms with Crippen LogP contribution in [0.4, 0.5) is 0 Å². The number of fused-ring (bicyclic) bond motifs is 2. The van der Waals surface area contributed by atoms with E-state index in [0.717, 1.165) is 25.9 Å². The number of rotatable bonds is 4. The second kappa shape index (κ2) is 5.79. The van der Waals surface area contributed by atoms with Crippen molar-refractivity contribution in [1.29, 1.82) is 0 Å². The zero-order valence-electron chi connectivity index (χ0n) is 12.5. The molecule has 1 saturated carbocycles. The van der Waals surface area contributed by atoms with E-state index in [-0.39, 0.29) is 23.7 Å². The number of carbonyl (C=O) groups excluding carboxylic acids is 1. The predicted octanol–water partition coefficient (Wildman–Crippen LogP) is 0.967. The van der Waals surface area contributed by atoms with Crippen LogP contribution >= 0.6 is 0 Å². The van der Waals surface area contributed by atoms with Gasteiger partial charge in [-0.25, -0.2) is 0 Å². The Labute approximate surface area is 125 Å². The quantitative estimate of drug-likeness (QED) is 0.758. The van der Waals surface area contributed by atoms with Gasteiger partial charge < -0.3 is 15.3 Å². The molecule has 1 amide bonds. The largest absolute Gasteiger partial charge is 0.481 e. The van der Waals surface area contributed by atoms with Crippen molar-refractivity contribution in [3.63, 3.8) is 0 Å². The minimum Gasteiger partial charge on any atom is -0.481 e. The Kier molecular flexibility index (Phi) is 4.02. The van der Waals surface area contributed by atoms with E-state index in [9.17, 15) is 14.7 Å². The van der Waals surface area contributed by atoms with Crippen molar-refractivity contribution in [2.24, 2.45) is 29.6 Å². The van der Waals surface area contributed by atoms with Crippen molar-refractivity contribution in [3.05, 3.63) is 12.2 Å². The maximum Gasteiger partial charge on any atom is 0.307 e. The van der Waals surface area contributed by atoms with Crippen molar-refractivity contribution < 1.29 is 14.7 Å². The summed E-state index contributed by atoms with van der Waals surface area (Å²) in [5.41, 5.74) is 0. The minimum atomic E-state index is -0.829. The molecule has 5 unspecified atom stereocenters. The van der Waals surface area contributed by atoms with Crippen molar-refractivity contribution in [1.82, 2.24) is 10.2 Å². The molecule has 1 saturated heterocycles. The Morgan fingerprint density at radius 2 is 2.00 bits per heavy atom. The number of carboxylic acid groups (broad SMARTS) is 1. The normalized spacial score (nSPS) is 38.6. The molecule has 0 aromatic heterocycles. The molecule has 21 heavy (non-hydrogen) atoms.